The quantitative estimate of drug-likeness (QED) is 0.894. The fraction of sp³-hybridized carbons (Fsp3) is 0.312. The van der Waals surface area contributed by atoms with Crippen molar-refractivity contribution in [2.75, 3.05) is 0 Å². The molecule has 1 aromatic heterocycles. The fourth-order valence-electron chi connectivity index (χ4n) is 3.02. The van der Waals surface area contributed by atoms with Gasteiger partial charge >= 0.3 is 5.97 Å². The molecule has 1 aromatic carbocycles. The Morgan fingerprint density at radius 3 is 2.68 bits per heavy atom. The first-order valence-electron chi connectivity index (χ1n) is 6.68. The minimum Gasteiger partial charge on any atom is -0.477 e. The van der Waals surface area contributed by atoms with Crippen LogP contribution in [0.25, 0.3) is 11.3 Å². The van der Waals surface area contributed by atoms with Crippen LogP contribution in [0.1, 0.15) is 34.5 Å². The topological polar surface area (TPSA) is 42.2 Å². The molecule has 1 aliphatic rings. The van der Waals surface area contributed by atoms with E-state index in [1.54, 1.807) is 10.6 Å². The Labute approximate surface area is 112 Å². The van der Waals surface area contributed by atoms with E-state index < -0.39 is 5.97 Å². The van der Waals surface area contributed by atoms with E-state index in [-0.39, 0.29) is 0 Å². The van der Waals surface area contributed by atoms with Crippen LogP contribution in [-0.4, -0.2) is 15.6 Å². The van der Waals surface area contributed by atoms with Crippen LogP contribution < -0.4 is 0 Å². The number of carboxylic acid groups (broad SMARTS) is 1. The molecule has 3 rings (SSSR count). The smallest absolute Gasteiger partial charge is 0.352 e. The molecule has 1 aliphatic carbocycles. The van der Waals surface area contributed by atoms with Gasteiger partial charge in [-0.1, -0.05) is 18.2 Å². The third kappa shape index (κ3) is 1.95. The van der Waals surface area contributed by atoms with Crippen LogP contribution in [0, 0.1) is 0 Å². The second-order valence-corrected chi connectivity index (χ2v) is 5.12. The van der Waals surface area contributed by atoms with Gasteiger partial charge < -0.3 is 9.67 Å². The minimum absolute atomic E-state index is 0.336. The number of carbonyl (C=O) groups is 1. The monoisotopic (exact) mass is 255 g/mol. The summed E-state index contributed by atoms with van der Waals surface area (Å²) < 4.78 is 1.77. The molecule has 0 atom stereocenters. The summed E-state index contributed by atoms with van der Waals surface area (Å²) in [6.45, 7) is 0. The van der Waals surface area contributed by atoms with Crippen LogP contribution in [0.15, 0.2) is 30.3 Å². The highest BCUT2D eigenvalue weighted by atomic mass is 16.4. The summed E-state index contributed by atoms with van der Waals surface area (Å²) in [7, 11) is 1.82. The number of rotatable bonds is 2. The summed E-state index contributed by atoms with van der Waals surface area (Å²) in [5.41, 5.74) is 5.33. The Morgan fingerprint density at radius 2 is 1.95 bits per heavy atom. The van der Waals surface area contributed by atoms with Crippen molar-refractivity contribution in [3.05, 3.63) is 47.2 Å². The average Bonchev–Trinajstić information content (AvgIpc) is 2.80. The predicted octanol–water partition coefficient (Wildman–Crippen LogP) is 3.27. The minimum atomic E-state index is -0.876. The van der Waals surface area contributed by atoms with Gasteiger partial charge in [0.1, 0.15) is 5.69 Å². The number of carboxylic acids is 1. The summed E-state index contributed by atoms with van der Waals surface area (Å²) in [5, 5.41) is 9.14. The molecule has 19 heavy (non-hydrogen) atoms. The highest BCUT2D eigenvalue weighted by molar-refractivity contribution is 5.87. The lowest BCUT2D eigenvalue weighted by atomic mass is 9.87. The highest BCUT2D eigenvalue weighted by Gasteiger charge is 2.18. The van der Waals surface area contributed by atoms with Crippen molar-refractivity contribution in [3.63, 3.8) is 0 Å². The van der Waals surface area contributed by atoms with Crippen molar-refractivity contribution < 1.29 is 9.90 Å². The lowest BCUT2D eigenvalue weighted by molar-refractivity contribution is 0.0687. The lowest BCUT2D eigenvalue weighted by Gasteiger charge is -2.19. The lowest BCUT2D eigenvalue weighted by Crippen LogP contribution is -2.08. The van der Waals surface area contributed by atoms with Gasteiger partial charge in [-0.15, -0.1) is 0 Å². The molecule has 2 aromatic rings. The molecule has 0 bridgehead atoms. The van der Waals surface area contributed by atoms with E-state index in [4.69, 9.17) is 5.11 Å². The van der Waals surface area contributed by atoms with Gasteiger partial charge in [0.15, 0.2) is 0 Å². The summed E-state index contributed by atoms with van der Waals surface area (Å²) in [5.74, 6) is -0.876. The Balaban J connectivity index is 2.15. The SMILES string of the molecule is Cn1c(C(=O)O)ccc1-c1cccc2c1CCCC2. The van der Waals surface area contributed by atoms with Gasteiger partial charge in [-0.2, -0.15) is 0 Å². The van der Waals surface area contributed by atoms with Gasteiger partial charge in [0.05, 0.1) is 0 Å². The molecule has 0 aliphatic heterocycles. The zero-order valence-electron chi connectivity index (χ0n) is 11.0. The van der Waals surface area contributed by atoms with E-state index in [9.17, 15) is 4.79 Å². The van der Waals surface area contributed by atoms with E-state index >= 15 is 0 Å². The standard InChI is InChI=1S/C16H17NO2/c1-17-14(9-10-15(17)16(18)19)13-8-4-6-11-5-2-3-7-12(11)13/h4,6,8-10H,2-3,5,7H2,1H3,(H,18,19). The van der Waals surface area contributed by atoms with Crippen molar-refractivity contribution in [1.82, 2.24) is 4.57 Å². The maximum Gasteiger partial charge on any atom is 0.352 e. The van der Waals surface area contributed by atoms with Crippen molar-refractivity contribution >= 4 is 5.97 Å². The van der Waals surface area contributed by atoms with Gasteiger partial charge in [-0.3, -0.25) is 0 Å². The summed E-state index contributed by atoms with van der Waals surface area (Å²) in [6, 6.07) is 9.96. The number of nitrogens with zero attached hydrogens (tertiary/aromatic N) is 1. The molecule has 98 valence electrons. The van der Waals surface area contributed by atoms with Crippen molar-refractivity contribution in [1.29, 1.82) is 0 Å². The molecule has 0 saturated carbocycles. The molecular weight excluding hydrogens is 238 g/mol. The highest BCUT2D eigenvalue weighted by Crippen LogP contribution is 2.32. The summed E-state index contributed by atoms with van der Waals surface area (Å²) in [6.07, 6.45) is 4.71. The molecule has 1 N–H and O–H groups in total. The van der Waals surface area contributed by atoms with E-state index in [1.165, 1.54) is 29.5 Å². The second kappa shape index (κ2) is 4.57. The Hall–Kier alpha value is -2.03. The Morgan fingerprint density at radius 1 is 1.16 bits per heavy atom. The van der Waals surface area contributed by atoms with Gasteiger partial charge in [0.2, 0.25) is 0 Å². The van der Waals surface area contributed by atoms with E-state index in [1.807, 2.05) is 13.1 Å². The molecule has 0 spiro atoms. The molecule has 0 amide bonds. The van der Waals surface area contributed by atoms with Gasteiger partial charge in [-0.05, 0) is 48.9 Å². The normalized spacial score (nSPS) is 14.2. The predicted molar refractivity (Wildman–Crippen MR) is 74.5 cm³/mol. The van der Waals surface area contributed by atoms with Crippen LogP contribution in [-0.2, 0) is 19.9 Å². The number of hydrogen-bond acceptors (Lipinski definition) is 1. The van der Waals surface area contributed by atoms with E-state index in [2.05, 4.69) is 18.2 Å². The largest absolute Gasteiger partial charge is 0.477 e. The van der Waals surface area contributed by atoms with Gasteiger partial charge in [0, 0.05) is 18.3 Å². The van der Waals surface area contributed by atoms with Crippen LogP contribution in [0.2, 0.25) is 0 Å². The number of hydrogen-bond donors (Lipinski definition) is 1. The van der Waals surface area contributed by atoms with Crippen LogP contribution in [0.3, 0.4) is 0 Å². The molecule has 0 radical (unpaired) electrons. The summed E-state index contributed by atoms with van der Waals surface area (Å²) in [4.78, 5) is 11.1. The summed E-state index contributed by atoms with van der Waals surface area (Å²) >= 11 is 0. The zero-order valence-corrected chi connectivity index (χ0v) is 11.0. The second-order valence-electron chi connectivity index (χ2n) is 5.12. The number of benzene rings is 1. The average molecular weight is 255 g/mol. The molecule has 3 heteroatoms. The van der Waals surface area contributed by atoms with E-state index in [0.717, 1.165) is 18.5 Å². The maximum atomic E-state index is 11.1. The van der Waals surface area contributed by atoms with Crippen LogP contribution in [0.5, 0.6) is 0 Å². The van der Waals surface area contributed by atoms with E-state index in [0.29, 0.717) is 5.69 Å². The number of aryl methyl sites for hydroxylation is 1. The number of aromatic nitrogens is 1. The zero-order chi connectivity index (χ0) is 13.4. The van der Waals surface area contributed by atoms with Gasteiger partial charge in [-0.25, -0.2) is 4.79 Å². The van der Waals surface area contributed by atoms with Gasteiger partial charge in [0.25, 0.3) is 0 Å². The van der Waals surface area contributed by atoms with Crippen molar-refractivity contribution in [2.24, 2.45) is 7.05 Å². The third-order valence-electron chi connectivity index (χ3n) is 4.01. The number of fused-ring (bicyclic) bond motifs is 1. The van der Waals surface area contributed by atoms with Crippen molar-refractivity contribution in [3.8, 4) is 11.3 Å². The van der Waals surface area contributed by atoms with Crippen LogP contribution in [0.4, 0.5) is 0 Å². The molecular formula is C16H17NO2. The fourth-order valence-corrected chi connectivity index (χ4v) is 3.02. The third-order valence-corrected chi connectivity index (χ3v) is 4.01. The first kappa shape index (κ1) is 12.0. The Kier molecular flexibility index (Phi) is 2.90. The molecule has 1 heterocycles. The molecule has 0 unspecified atom stereocenters. The molecule has 3 nitrogen and oxygen atoms in total. The molecule has 0 fully saturated rings. The van der Waals surface area contributed by atoms with Crippen LogP contribution >= 0.6 is 0 Å². The number of aromatic carboxylic acids is 1. The molecule has 0 saturated heterocycles. The Bertz CT molecular complexity index is 640. The first-order chi connectivity index (χ1) is 9.18. The maximum absolute atomic E-state index is 11.1. The first-order valence-corrected chi connectivity index (χ1v) is 6.68. The van der Waals surface area contributed by atoms with Crippen molar-refractivity contribution in [2.45, 2.75) is 25.7 Å².